The zero-order valence-corrected chi connectivity index (χ0v) is 15.7. The molecule has 6 heteroatoms. The van der Waals surface area contributed by atoms with Crippen molar-refractivity contribution in [2.45, 2.75) is 51.6 Å². The van der Waals surface area contributed by atoms with Crippen LogP contribution in [0.3, 0.4) is 0 Å². The Labute approximate surface area is 155 Å². The molecule has 6 nitrogen and oxygen atoms in total. The van der Waals surface area contributed by atoms with Crippen LogP contribution in [0.4, 0.5) is 0 Å². The van der Waals surface area contributed by atoms with Crippen LogP contribution in [0.2, 0.25) is 0 Å². The fourth-order valence-electron chi connectivity index (χ4n) is 3.58. The van der Waals surface area contributed by atoms with Gasteiger partial charge >= 0.3 is 0 Å². The van der Waals surface area contributed by atoms with Crippen LogP contribution < -0.4 is 0 Å². The Morgan fingerprint density at radius 1 is 1.27 bits per heavy atom. The van der Waals surface area contributed by atoms with E-state index in [1.54, 1.807) is 6.92 Å². The molecular weight excluding hydrogens is 328 g/mol. The van der Waals surface area contributed by atoms with E-state index in [-0.39, 0.29) is 5.91 Å². The van der Waals surface area contributed by atoms with Gasteiger partial charge in [0.15, 0.2) is 5.82 Å². The van der Waals surface area contributed by atoms with Crippen LogP contribution in [-0.4, -0.2) is 52.0 Å². The van der Waals surface area contributed by atoms with Gasteiger partial charge in [-0.3, -0.25) is 9.69 Å². The molecule has 2 heterocycles. The van der Waals surface area contributed by atoms with E-state index in [0.717, 1.165) is 44.6 Å². The second kappa shape index (κ2) is 8.94. The van der Waals surface area contributed by atoms with E-state index in [2.05, 4.69) is 34.2 Å². The second-order valence-electron chi connectivity index (χ2n) is 7.10. The van der Waals surface area contributed by atoms with E-state index in [1.165, 1.54) is 5.56 Å². The van der Waals surface area contributed by atoms with Crippen molar-refractivity contribution in [1.82, 2.24) is 19.9 Å². The molecule has 0 unspecified atom stereocenters. The topological polar surface area (TPSA) is 62.5 Å². The molecule has 1 aromatic carbocycles. The Bertz CT molecular complexity index is 701. The number of carbonyl (C=O) groups is 1. The van der Waals surface area contributed by atoms with Crippen molar-refractivity contribution in [2.75, 3.05) is 20.1 Å². The Balaban J connectivity index is 1.47. The minimum Gasteiger partial charge on any atom is -0.343 e. The van der Waals surface area contributed by atoms with E-state index in [9.17, 15) is 4.79 Å². The zero-order valence-electron chi connectivity index (χ0n) is 15.7. The number of nitrogens with zero attached hydrogens (tertiary/aromatic N) is 4. The predicted molar refractivity (Wildman–Crippen MR) is 99.5 cm³/mol. The van der Waals surface area contributed by atoms with Crippen LogP contribution in [0.15, 0.2) is 34.9 Å². The summed E-state index contributed by atoms with van der Waals surface area (Å²) in [4.78, 5) is 21.2. The number of hydrogen-bond donors (Lipinski definition) is 0. The summed E-state index contributed by atoms with van der Waals surface area (Å²) in [5.41, 5.74) is 1.23. The van der Waals surface area contributed by atoms with Crippen LogP contribution in [0.5, 0.6) is 0 Å². The lowest BCUT2D eigenvalue weighted by Gasteiger charge is -2.26. The van der Waals surface area contributed by atoms with Crippen LogP contribution in [0.1, 0.15) is 43.0 Å². The smallest absolute Gasteiger partial charge is 0.223 e. The summed E-state index contributed by atoms with van der Waals surface area (Å²) in [7, 11) is 2.10. The first-order valence-electron chi connectivity index (χ1n) is 9.43. The summed E-state index contributed by atoms with van der Waals surface area (Å²) in [5.74, 6) is 1.60. The Kier molecular flexibility index (Phi) is 6.39. The van der Waals surface area contributed by atoms with Crippen LogP contribution in [-0.2, 0) is 17.8 Å². The van der Waals surface area contributed by atoms with Gasteiger partial charge in [0.2, 0.25) is 11.8 Å². The molecule has 1 amide bonds. The standard InChI is InChI=1S/C20H28N4O2/c1-16-21-19(22-26-16)15-23(2)18-9-6-13-24(14-12-18)20(25)11-10-17-7-4-3-5-8-17/h3-5,7-8,18H,6,9-15H2,1-2H3/t18-/m0/s1. The maximum Gasteiger partial charge on any atom is 0.223 e. The third kappa shape index (κ3) is 5.14. The monoisotopic (exact) mass is 356 g/mol. The molecule has 1 aromatic heterocycles. The van der Waals surface area contributed by atoms with Gasteiger partial charge in [-0.2, -0.15) is 4.98 Å². The summed E-state index contributed by atoms with van der Waals surface area (Å²) in [6.07, 6.45) is 4.53. The van der Waals surface area contributed by atoms with Crippen molar-refractivity contribution in [1.29, 1.82) is 0 Å². The molecule has 26 heavy (non-hydrogen) atoms. The van der Waals surface area contributed by atoms with Gasteiger partial charge in [0.1, 0.15) is 0 Å². The number of rotatable bonds is 6. The first-order valence-corrected chi connectivity index (χ1v) is 9.43. The summed E-state index contributed by atoms with van der Waals surface area (Å²) in [6.45, 7) is 4.18. The van der Waals surface area contributed by atoms with Crippen molar-refractivity contribution in [3.05, 3.63) is 47.6 Å². The van der Waals surface area contributed by atoms with E-state index < -0.39 is 0 Å². The minimum absolute atomic E-state index is 0.269. The molecule has 2 aromatic rings. The molecule has 1 saturated heterocycles. The SMILES string of the molecule is Cc1nc(CN(C)[C@H]2CCCN(C(=O)CCc3ccccc3)CC2)no1. The van der Waals surface area contributed by atoms with Crippen molar-refractivity contribution >= 4 is 5.91 Å². The molecule has 0 N–H and O–H groups in total. The highest BCUT2D eigenvalue weighted by atomic mass is 16.5. The van der Waals surface area contributed by atoms with Gasteiger partial charge in [-0.1, -0.05) is 35.5 Å². The first-order chi connectivity index (χ1) is 12.6. The molecule has 0 saturated carbocycles. The molecule has 0 spiro atoms. The number of hydrogen-bond acceptors (Lipinski definition) is 5. The summed E-state index contributed by atoms with van der Waals surface area (Å²) < 4.78 is 5.05. The fourth-order valence-corrected chi connectivity index (χ4v) is 3.58. The largest absolute Gasteiger partial charge is 0.343 e. The van der Waals surface area contributed by atoms with E-state index in [4.69, 9.17) is 4.52 Å². The van der Waals surface area contributed by atoms with Crippen molar-refractivity contribution in [2.24, 2.45) is 0 Å². The molecule has 1 aliphatic heterocycles. The molecule has 0 bridgehead atoms. The molecule has 0 radical (unpaired) electrons. The van der Waals surface area contributed by atoms with E-state index in [0.29, 0.717) is 24.9 Å². The average molecular weight is 356 g/mol. The lowest BCUT2D eigenvalue weighted by atomic mass is 10.1. The normalized spacial score (nSPS) is 18.1. The highest BCUT2D eigenvalue weighted by Crippen LogP contribution is 2.18. The molecular formula is C20H28N4O2. The number of aryl methyl sites for hydroxylation is 2. The lowest BCUT2D eigenvalue weighted by molar-refractivity contribution is -0.131. The molecule has 0 aliphatic carbocycles. The summed E-state index contributed by atoms with van der Waals surface area (Å²) in [6, 6.07) is 10.7. The zero-order chi connectivity index (χ0) is 18.4. The van der Waals surface area contributed by atoms with Gasteiger partial charge in [-0.15, -0.1) is 0 Å². The minimum atomic E-state index is 0.269. The lowest BCUT2D eigenvalue weighted by Crippen LogP contribution is -2.35. The van der Waals surface area contributed by atoms with Crippen molar-refractivity contribution in [3.8, 4) is 0 Å². The number of benzene rings is 1. The molecule has 3 rings (SSSR count). The van der Waals surface area contributed by atoms with E-state index >= 15 is 0 Å². The van der Waals surface area contributed by atoms with Gasteiger partial charge in [0.05, 0.1) is 6.54 Å². The maximum absolute atomic E-state index is 12.6. The summed E-state index contributed by atoms with van der Waals surface area (Å²) >= 11 is 0. The third-order valence-electron chi connectivity index (χ3n) is 5.10. The Hall–Kier alpha value is -2.21. The molecule has 1 aliphatic rings. The van der Waals surface area contributed by atoms with Gasteiger partial charge in [-0.25, -0.2) is 0 Å². The van der Waals surface area contributed by atoms with Crippen molar-refractivity contribution < 1.29 is 9.32 Å². The average Bonchev–Trinajstić information content (AvgIpc) is 2.91. The Morgan fingerprint density at radius 2 is 2.08 bits per heavy atom. The summed E-state index contributed by atoms with van der Waals surface area (Å²) in [5, 5.41) is 3.98. The number of likely N-dealkylation sites (tertiary alicyclic amines) is 1. The van der Waals surface area contributed by atoms with Gasteiger partial charge in [0.25, 0.3) is 0 Å². The first kappa shape index (κ1) is 18.6. The number of amides is 1. The number of aromatic nitrogens is 2. The fraction of sp³-hybridized carbons (Fsp3) is 0.550. The highest BCUT2D eigenvalue weighted by molar-refractivity contribution is 5.76. The second-order valence-corrected chi connectivity index (χ2v) is 7.10. The maximum atomic E-state index is 12.6. The van der Waals surface area contributed by atoms with Gasteiger partial charge in [0, 0.05) is 32.5 Å². The molecule has 1 atom stereocenters. The quantitative estimate of drug-likeness (QED) is 0.796. The molecule has 140 valence electrons. The van der Waals surface area contributed by atoms with E-state index in [1.807, 2.05) is 23.1 Å². The van der Waals surface area contributed by atoms with Gasteiger partial charge in [-0.05, 0) is 38.3 Å². The van der Waals surface area contributed by atoms with Crippen LogP contribution in [0.25, 0.3) is 0 Å². The van der Waals surface area contributed by atoms with Crippen LogP contribution in [0, 0.1) is 6.92 Å². The predicted octanol–water partition coefficient (Wildman–Crippen LogP) is 2.82. The highest BCUT2D eigenvalue weighted by Gasteiger charge is 2.23. The third-order valence-corrected chi connectivity index (χ3v) is 5.10. The number of carbonyl (C=O) groups excluding carboxylic acids is 1. The Morgan fingerprint density at radius 3 is 2.81 bits per heavy atom. The van der Waals surface area contributed by atoms with Crippen molar-refractivity contribution in [3.63, 3.8) is 0 Å². The van der Waals surface area contributed by atoms with Gasteiger partial charge < -0.3 is 9.42 Å². The molecule has 1 fully saturated rings. The van der Waals surface area contributed by atoms with Crippen LogP contribution >= 0.6 is 0 Å².